The largest absolute Gasteiger partial charge is 0.480 e. The third kappa shape index (κ3) is 5.28. The molecule has 0 atom stereocenters. The average Bonchev–Trinajstić information content (AvgIpc) is 3.19. The molecule has 0 unspecified atom stereocenters. The van der Waals surface area contributed by atoms with E-state index >= 15 is 0 Å². The number of benzene rings is 2. The standard InChI is InChI=1S/C27H32N2O3/c1-2-24-26(22-9-5-3-6-10-22)27(23-11-7-4-8-12-23)29(28-24)17-20-13-15-21(16-14-20)18-32-19-25(30)31/h3-12,20-21H,2,13-19H2,1H3,(H,30,31)/t20-,21+. The van der Waals surface area contributed by atoms with Gasteiger partial charge in [-0.25, -0.2) is 4.79 Å². The van der Waals surface area contributed by atoms with E-state index in [0.29, 0.717) is 18.4 Å². The molecule has 1 N–H and O–H groups in total. The fraction of sp³-hybridized carbons (Fsp3) is 0.407. The fourth-order valence-electron chi connectivity index (χ4n) is 4.83. The predicted molar refractivity (Wildman–Crippen MR) is 126 cm³/mol. The van der Waals surface area contributed by atoms with E-state index in [1.807, 2.05) is 0 Å². The van der Waals surface area contributed by atoms with Crippen LogP contribution < -0.4 is 0 Å². The van der Waals surface area contributed by atoms with E-state index in [1.54, 1.807) is 0 Å². The molecule has 168 valence electrons. The molecule has 0 bridgehead atoms. The van der Waals surface area contributed by atoms with Crippen LogP contribution in [0, 0.1) is 11.8 Å². The Morgan fingerprint density at radius 2 is 1.56 bits per heavy atom. The lowest BCUT2D eigenvalue weighted by atomic mass is 9.82. The van der Waals surface area contributed by atoms with Gasteiger partial charge >= 0.3 is 5.97 Å². The first kappa shape index (κ1) is 22.3. The van der Waals surface area contributed by atoms with Crippen LogP contribution in [-0.4, -0.2) is 34.1 Å². The summed E-state index contributed by atoms with van der Waals surface area (Å²) < 4.78 is 7.57. The number of hydrogen-bond donors (Lipinski definition) is 1. The van der Waals surface area contributed by atoms with Crippen LogP contribution in [0.2, 0.25) is 0 Å². The summed E-state index contributed by atoms with van der Waals surface area (Å²) >= 11 is 0. The Morgan fingerprint density at radius 3 is 2.16 bits per heavy atom. The van der Waals surface area contributed by atoms with Crippen molar-refractivity contribution in [1.29, 1.82) is 0 Å². The number of ether oxygens (including phenoxy) is 1. The number of nitrogens with zero attached hydrogens (tertiary/aromatic N) is 2. The average molecular weight is 433 g/mol. The Labute approximate surface area is 190 Å². The van der Waals surface area contributed by atoms with Crippen molar-refractivity contribution in [3.63, 3.8) is 0 Å². The van der Waals surface area contributed by atoms with Gasteiger partial charge in [0, 0.05) is 17.7 Å². The molecule has 1 aliphatic rings. The number of aliphatic carboxylic acids is 1. The summed E-state index contributed by atoms with van der Waals surface area (Å²) in [5, 5.41) is 13.9. The van der Waals surface area contributed by atoms with Crippen molar-refractivity contribution in [2.45, 2.75) is 45.6 Å². The second-order valence-electron chi connectivity index (χ2n) is 8.73. The van der Waals surface area contributed by atoms with E-state index in [4.69, 9.17) is 14.9 Å². The van der Waals surface area contributed by atoms with Crippen LogP contribution >= 0.6 is 0 Å². The number of aryl methyl sites for hydroxylation is 1. The van der Waals surface area contributed by atoms with E-state index < -0.39 is 5.97 Å². The molecule has 3 aromatic rings. The Kier molecular flexibility index (Phi) is 7.38. The molecule has 32 heavy (non-hydrogen) atoms. The maximum absolute atomic E-state index is 10.7. The van der Waals surface area contributed by atoms with Crippen molar-refractivity contribution in [3.05, 3.63) is 66.4 Å². The Hall–Kier alpha value is -2.92. The van der Waals surface area contributed by atoms with E-state index in [2.05, 4.69) is 72.3 Å². The molecule has 0 aliphatic heterocycles. The molecule has 0 spiro atoms. The fourth-order valence-corrected chi connectivity index (χ4v) is 4.83. The van der Waals surface area contributed by atoms with Crippen molar-refractivity contribution >= 4 is 5.97 Å². The van der Waals surface area contributed by atoms with Crippen molar-refractivity contribution < 1.29 is 14.6 Å². The second kappa shape index (κ2) is 10.6. The highest BCUT2D eigenvalue weighted by Crippen LogP contribution is 2.37. The third-order valence-corrected chi connectivity index (χ3v) is 6.45. The zero-order valence-corrected chi connectivity index (χ0v) is 18.7. The van der Waals surface area contributed by atoms with Crippen LogP contribution in [0.5, 0.6) is 0 Å². The Balaban J connectivity index is 1.56. The van der Waals surface area contributed by atoms with E-state index in [-0.39, 0.29) is 6.61 Å². The Bertz CT molecular complexity index is 1010. The predicted octanol–water partition coefficient (Wildman–Crippen LogP) is 5.69. The van der Waals surface area contributed by atoms with Crippen molar-refractivity contribution in [3.8, 4) is 22.4 Å². The first-order chi connectivity index (χ1) is 15.7. The van der Waals surface area contributed by atoms with Gasteiger partial charge in [-0.2, -0.15) is 5.10 Å². The number of carbonyl (C=O) groups is 1. The molecule has 0 amide bonds. The molecule has 2 aromatic carbocycles. The van der Waals surface area contributed by atoms with Crippen LogP contribution in [0.15, 0.2) is 60.7 Å². The summed E-state index contributed by atoms with van der Waals surface area (Å²) in [6.45, 7) is 3.44. The Morgan fingerprint density at radius 1 is 0.969 bits per heavy atom. The molecule has 5 heteroatoms. The van der Waals surface area contributed by atoms with E-state index in [9.17, 15) is 4.79 Å². The number of rotatable bonds is 9. The zero-order chi connectivity index (χ0) is 22.3. The second-order valence-corrected chi connectivity index (χ2v) is 8.73. The highest BCUT2D eigenvalue weighted by molar-refractivity contribution is 5.83. The van der Waals surface area contributed by atoms with Crippen LogP contribution in [0.25, 0.3) is 22.4 Å². The van der Waals surface area contributed by atoms with Gasteiger partial charge in [-0.1, -0.05) is 67.6 Å². The highest BCUT2D eigenvalue weighted by Gasteiger charge is 2.25. The molecule has 1 aliphatic carbocycles. The minimum absolute atomic E-state index is 0.199. The van der Waals surface area contributed by atoms with Crippen LogP contribution in [0.4, 0.5) is 0 Å². The van der Waals surface area contributed by atoms with Gasteiger partial charge in [-0.05, 0) is 49.5 Å². The summed E-state index contributed by atoms with van der Waals surface area (Å²) in [7, 11) is 0. The maximum atomic E-state index is 10.7. The van der Waals surface area contributed by atoms with Gasteiger partial charge in [0.25, 0.3) is 0 Å². The summed E-state index contributed by atoms with van der Waals surface area (Å²) in [6, 6.07) is 21.2. The summed E-state index contributed by atoms with van der Waals surface area (Å²) in [5.41, 5.74) is 6.02. The summed E-state index contributed by atoms with van der Waals surface area (Å²) in [6.07, 6.45) is 5.30. The molecule has 1 saturated carbocycles. The van der Waals surface area contributed by atoms with Gasteiger partial charge in [0.05, 0.1) is 18.0 Å². The number of aromatic nitrogens is 2. The molecule has 1 fully saturated rings. The van der Waals surface area contributed by atoms with Crippen LogP contribution in [0.3, 0.4) is 0 Å². The molecule has 0 radical (unpaired) electrons. The topological polar surface area (TPSA) is 64.4 Å². The normalized spacial score (nSPS) is 18.5. The van der Waals surface area contributed by atoms with Gasteiger partial charge in [0.15, 0.2) is 0 Å². The lowest BCUT2D eigenvalue weighted by molar-refractivity contribution is -0.142. The first-order valence-corrected chi connectivity index (χ1v) is 11.7. The van der Waals surface area contributed by atoms with Gasteiger partial charge in [0.1, 0.15) is 6.61 Å². The van der Waals surface area contributed by atoms with Crippen molar-refractivity contribution in [1.82, 2.24) is 9.78 Å². The van der Waals surface area contributed by atoms with Gasteiger partial charge < -0.3 is 9.84 Å². The van der Waals surface area contributed by atoms with Crippen LogP contribution in [0.1, 0.15) is 38.3 Å². The number of carboxylic acids is 1. The highest BCUT2D eigenvalue weighted by atomic mass is 16.5. The minimum Gasteiger partial charge on any atom is -0.480 e. The zero-order valence-electron chi connectivity index (χ0n) is 18.7. The summed E-state index contributed by atoms with van der Waals surface area (Å²) in [5.74, 6) is 0.135. The minimum atomic E-state index is -0.897. The monoisotopic (exact) mass is 432 g/mol. The van der Waals surface area contributed by atoms with Gasteiger partial charge in [0.2, 0.25) is 0 Å². The van der Waals surface area contributed by atoms with Crippen molar-refractivity contribution in [2.24, 2.45) is 11.8 Å². The van der Waals surface area contributed by atoms with Crippen LogP contribution in [-0.2, 0) is 22.5 Å². The molecule has 1 heterocycles. The SMILES string of the molecule is CCc1nn(C[C@H]2CC[C@@H](COCC(=O)O)CC2)c(-c2ccccc2)c1-c1ccccc1. The molecule has 1 aromatic heterocycles. The number of carboxylic acid groups (broad SMARTS) is 1. The first-order valence-electron chi connectivity index (χ1n) is 11.7. The smallest absolute Gasteiger partial charge is 0.329 e. The quantitative estimate of drug-likeness (QED) is 0.472. The number of hydrogen-bond acceptors (Lipinski definition) is 3. The maximum Gasteiger partial charge on any atom is 0.329 e. The van der Waals surface area contributed by atoms with Gasteiger partial charge in [-0.15, -0.1) is 0 Å². The van der Waals surface area contributed by atoms with E-state index in [0.717, 1.165) is 44.3 Å². The third-order valence-electron chi connectivity index (χ3n) is 6.45. The molecular formula is C27H32N2O3. The van der Waals surface area contributed by atoms with Crippen molar-refractivity contribution in [2.75, 3.05) is 13.2 Å². The lowest BCUT2D eigenvalue weighted by Crippen LogP contribution is -2.23. The summed E-state index contributed by atoms with van der Waals surface area (Å²) in [4.78, 5) is 10.7. The lowest BCUT2D eigenvalue weighted by Gasteiger charge is -2.28. The van der Waals surface area contributed by atoms with Gasteiger partial charge in [-0.3, -0.25) is 4.68 Å². The van der Waals surface area contributed by atoms with E-state index in [1.165, 1.54) is 22.4 Å². The molecule has 4 rings (SSSR count). The molecule has 0 saturated heterocycles. The molecular weight excluding hydrogens is 400 g/mol. The molecule has 5 nitrogen and oxygen atoms in total.